The average molecular weight is 210 g/mol. The molecule has 84 valence electrons. The van der Waals surface area contributed by atoms with Crippen LogP contribution in [0.25, 0.3) is 0 Å². The van der Waals surface area contributed by atoms with Crippen molar-refractivity contribution in [3.05, 3.63) is 0 Å². The Labute approximate surface area is 89.8 Å². The van der Waals surface area contributed by atoms with E-state index in [9.17, 15) is 4.79 Å². The molecule has 3 nitrogen and oxygen atoms in total. The molecule has 2 saturated carbocycles. The van der Waals surface area contributed by atoms with Gasteiger partial charge in [-0.1, -0.05) is 0 Å². The van der Waals surface area contributed by atoms with E-state index in [0.29, 0.717) is 18.3 Å². The molecule has 15 heavy (non-hydrogen) atoms. The molecule has 1 unspecified atom stereocenters. The van der Waals surface area contributed by atoms with Gasteiger partial charge in [0.2, 0.25) is 0 Å². The molecule has 1 heterocycles. The van der Waals surface area contributed by atoms with Gasteiger partial charge in [0.05, 0.1) is 5.60 Å². The molecular formula is C12H18O3. The lowest BCUT2D eigenvalue weighted by molar-refractivity contribution is -0.185. The number of carboxylic acid groups (broad SMARTS) is 1. The molecule has 0 spiro atoms. The summed E-state index contributed by atoms with van der Waals surface area (Å²) in [5.41, 5.74) is -0.0265. The van der Waals surface area contributed by atoms with Crippen LogP contribution in [0.2, 0.25) is 0 Å². The van der Waals surface area contributed by atoms with Gasteiger partial charge in [0, 0.05) is 0 Å². The molecule has 3 fully saturated rings. The van der Waals surface area contributed by atoms with Crippen molar-refractivity contribution in [1.29, 1.82) is 0 Å². The predicted octanol–water partition coefficient (Wildman–Crippen LogP) is 2.20. The van der Waals surface area contributed by atoms with Crippen LogP contribution in [0.3, 0.4) is 0 Å². The average Bonchev–Trinajstić information content (AvgIpc) is 3.06. The molecule has 1 N–H and O–H groups in total. The zero-order valence-corrected chi connectivity index (χ0v) is 8.95. The molecule has 0 aromatic heterocycles. The van der Waals surface area contributed by atoms with E-state index in [-0.39, 0.29) is 5.60 Å². The summed E-state index contributed by atoms with van der Waals surface area (Å²) in [5.74, 6) is 0.583. The van der Waals surface area contributed by atoms with Crippen molar-refractivity contribution in [1.82, 2.24) is 0 Å². The molecule has 0 radical (unpaired) electrons. The van der Waals surface area contributed by atoms with Crippen molar-refractivity contribution in [3.63, 3.8) is 0 Å². The molecule has 0 bridgehead atoms. The Hall–Kier alpha value is -0.570. The Bertz CT molecular complexity index is 267. The van der Waals surface area contributed by atoms with Gasteiger partial charge < -0.3 is 9.84 Å². The molecule has 1 aliphatic heterocycles. The highest BCUT2D eigenvalue weighted by molar-refractivity contribution is 5.72. The third-order valence-electron chi connectivity index (χ3n) is 4.21. The number of aliphatic carboxylic acids is 1. The number of hydrogen-bond acceptors (Lipinski definition) is 2. The first-order valence-corrected chi connectivity index (χ1v) is 6.13. The Morgan fingerprint density at radius 1 is 1.13 bits per heavy atom. The topological polar surface area (TPSA) is 46.5 Å². The number of ether oxygens (including phenoxy) is 1. The van der Waals surface area contributed by atoms with Crippen LogP contribution >= 0.6 is 0 Å². The summed E-state index contributed by atoms with van der Waals surface area (Å²) in [6, 6.07) is 0. The Kier molecular flexibility index (Phi) is 2.06. The zero-order valence-electron chi connectivity index (χ0n) is 8.95. The molecule has 3 heteroatoms. The van der Waals surface area contributed by atoms with Crippen molar-refractivity contribution in [2.75, 3.05) is 0 Å². The fourth-order valence-corrected chi connectivity index (χ4v) is 3.20. The summed E-state index contributed by atoms with van der Waals surface area (Å²) in [6.07, 6.45) is 7.32. The van der Waals surface area contributed by atoms with Gasteiger partial charge >= 0.3 is 5.97 Å². The monoisotopic (exact) mass is 210 g/mol. The molecule has 3 aliphatic rings. The number of rotatable bonds is 3. The second-order valence-corrected chi connectivity index (χ2v) is 5.34. The van der Waals surface area contributed by atoms with Gasteiger partial charge in [0.15, 0.2) is 6.10 Å². The Morgan fingerprint density at radius 3 is 2.20 bits per heavy atom. The van der Waals surface area contributed by atoms with E-state index in [2.05, 4.69) is 0 Å². The molecule has 0 aromatic carbocycles. The first-order chi connectivity index (χ1) is 7.22. The third-order valence-corrected chi connectivity index (χ3v) is 4.21. The molecule has 0 aromatic rings. The van der Waals surface area contributed by atoms with E-state index in [1.54, 1.807) is 0 Å². The minimum atomic E-state index is -0.764. The van der Waals surface area contributed by atoms with Crippen molar-refractivity contribution in [2.45, 2.75) is 56.7 Å². The first kappa shape index (κ1) is 9.64. The lowest BCUT2D eigenvalue weighted by atomic mass is 9.83. The maximum Gasteiger partial charge on any atom is 0.332 e. The quantitative estimate of drug-likeness (QED) is 0.776. The predicted molar refractivity (Wildman–Crippen MR) is 54.5 cm³/mol. The lowest BCUT2D eigenvalue weighted by Crippen LogP contribution is -2.47. The van der Waals surface area contributed by atoms with Crippen molar-refractivity contribution in [3.8, 4) is 0 Å². The van der Waals surface area contributed by atoms with E-state index in [4.69, 9.17) is 9.84 Å². The van der Waals surface area contributed by atoms with Crippen LogP contribution in [0.15, 0.2) is 0 Å². The van der Waals surface area contributed by atoms with E-state index in [1.165, 1.54) is 25.7 Å². The van der Waals surface area contributed by atoms with E-state index < -0.39 is 12.1 Å². The van der Waals surface area contributed by atoms with Crippen LogP contribution < -0.4 is 0 Å². The molecule has 2 aliphatic carbocycles. The fraction of sp³-hybridized carbons (Fsp3) is 0.917. The minimum absolute atomic E-state index is 0.0265. The summed E-state index contributed by atoms with van der Waals surface area (Å²) in [5, 5.41) is 9.05. The van der Waals surface area contributed by atoms with Crippen LogP contribution in [-0.4, -0.2) is 22.8 Å². The number of carboxylic acids is 1. The molecule has 0 amide bonds. The fourth-order valence-electron chi connectivity index (χ4n) is 3.20. The Morgan fingerprint density at radius 2 is 1.73 bits per heavy atom. The standard InChI is InChI=1S/C12H18O3/c13-11(14)10-2-1-7-12(15-10,8-3-4-8)9-5-6-9/h8-10H,1-7H2,(H,13,14). The van der Waals surface area contributed by atoms with Crippen molar-refractivity contribution in [2.24, 2.45) is 11.8 Å². The summed E-state index contributed by atoms with van der Waals surface area (Å²) < 4.78 is 5.98. The minimum Gasteiger partial charge on any atom is -0.479 e. The van der Waals surface area contributed by atoms with Crippen molar-refractivity contribution >= 4 is 5.97 Å². The van der Waals surface area contributed by atoms with Crippen LogP contribution in [0, 0.1) is 11.8 Å². The van der Waals surface area contributed by atoms with Gasteiger partial charge in [0.25, 0.3) is 0 Å². The second kappa shape index (κ2) is 3.21. The summed E-state index contributed by atoms with van der Waals surface area (Å²) in [4.78, 5) is 11.0. The van der Waals surface area contributed by atoms with E-state index >= 15 is 0 Å². The SMILES string of the molecule is O=C(O)C1CCCC(C2CC2)(C2CC2)O1. The van der Waals surface area contributed by atoms with Gasteiger partial charge in [0.1, 0.15) is 0 Å². The van der Waals surface area contributed by atoms with Crippen molar-refractivity contribution < 1.29 is 14.6 Å². The molecule has 3 rings (SSSR count). The lowest BCUT2D eigenvalue weighted by Gasteiger charge is -2.41. The van der Waals surface area contributed by atoms with E-state index in [1.807, 2.05) is 0 Å². The number of hydrogen-bond donors (Lipinski definition) is 1. The van der Waals surface area contributed by atoms with Gasteiger partial charge in [-0.2, -0.15) is 0 Å². The highest BCUT2D eigenvalue weighted by Crippen LogP contribution is 2.58. The van der Waals surface area contributed by atoms with Crippen LogP contribution in [-0.2, 0) is 9.53 Å². The summed E-state index contributed by atoms with van der Waals surface area (Å²) in [7, 11) is 0. The molecular weight excluding hydrogens is 192 g/mol. The number of carbonyl (C=O) groups is 1. The third kappa shape index (κ3) is 1.57. The van der Waals surface area contributed by atoms with Gasteiger partial charge in [-0.3, -0.25) is 0 Å². The Balaban J connectivity index is 1.79. The summed E-state index contributed by atoms with van der Waals surface area (Å²) in [6.45, 7) is 0. The maximum atomic E-state index is 11.0. The second-order valence-electron chi connectivity index (χ2n) is 5.34. The smallest absolute Gasteiger partial charge is 0.332 e. The largest absolute Gasteiger partial charge is 0.479 e. The van der Waals surface area contributed by atoms with Gasteiger partial charge in [-0.05, 0) is 56.8 Å². The molecule has 1 saturated heterocycles. The first-order valence-electron chi connectivity index (χ1n) is 6.13. The van der Waals surface area contributed by atoms with E-state index in [0.717, 1.165) is 12.8 Å². The van der Waals surface area contributed by atoms with Gasteiger partial charge in [-0.15, -0.1) is 0 Å². The maximum absolute atomic E-state index is 11.0. The normalized spacial score (nSPS) is 35.1. The van der Waals surface area contributed by atoms with Crippen LogP contribution in [0.5, 0.6) is 0 Å². The van der Waals surface area contributed by atoms with Crippen LogP contribution in [0.1, 0.15) is 44.9 Å². The highest BCUT2D eigenvalue weighted by atomic mass is 16.5. The zero-order chi connectivity index (χ0) is 10.5. The van der Waals surface area contributed by atoms with Gasteiger partial charge in [-0.25, -0.2) is 4.79 Å². The van der Waals surface area contributed by atoms with Crippen LogP contribution in [0.4, 0.5) is 0 Å². The molecule has 1 atom stereocenters. The highest BCUT2D eigenvalue weighted by Gasteiger charge is 2.57. The summed E-state index contributed by atoms with van der Waals surface area (Å²) >= 11 is 0.